The fourth-order valence-electron chi connectivity index (χ4n) is 12.1. The molecule has 10 rings (SSSR count). The number of hydrogen-bond donors (Lipinski definition) is 7. The highest BCUT2D eigenvalue weighted by Gasteiger charge is 2.48. The van der Waals surface area contributed by atoms with E-state index in [2.05, 4.69) is 37.2 Å². The number of anilines is 2. The number of nitrogens with one attached hydrogen (secondary N) is 7. The van der Waals surface area contributed by atoms with E-state index in [1.54, 1.807) is 64.8 Å². The lowest BCUT2D eigenvalue weighted by atomic mass is 9.98. The van der Waals surface area contributed by atoms with Crippen molar-refractivity contribution in [3.8, 4) is 0 Å². The maximum Gasteiger partial charge on any atom is 0.321 e. The van der Waals surface area contributed by atoms with E-state index in [1.165, 1.54) is 11.8 Å². The smallest absolute Gasteiger partial charge is 0.321 e. The number of rotatable bonds is 17. The number of urea groups is 2. The number of carbonyl (C=O) groups is 8. The summed E-state index contributed by atoms with van der Waals surface area (Å²) in [5, 5.41) is 21.1. The molecule has 0 bridgehead atoms. The summed E-state index contributed by atoms with van der Waals surface area (Å²) in [5.41, 5.74) is 4.67. The van der Waals surface area contributed by atoms with Gasteiger partial charge in [0.05, 0.1) is 31.2 Å². The Kier molecular flexibility index (Phi) is 20.0. The van der Waals surface area contributed by atoms with Crippen molar-refractivity contribution in [1.29, 1.82) is 0 Å². The monoisotopic (exact) mass is 1190 g/mol. The molecule has 20 heteroatoms. The number of likely N-dealkylation sites (N-methyl/N-ethyl adjacent to an activating group) is 1. The van der Waals surface area contributed by atoms with Crippen LogP contribution < -0.4 is 37.2 Å². The van der Waals surface area contributed by atoms with Crippen molar-refractivity contribution in [3.05, 3.63) is 192 Å². The first kappa shape index (κ1) is 61.1. The Bertz CT molecular complexity index is 3310. The van der Waals surface area contributed by atoms with Gasteiger partial charge >= 0.3 is 12.1 Å². The van der Waals surface area contributed by atoms with Crippen LogP contribution in [0.3, 0.4) is 0 Å². The van der Waals surface area contributed by atoms with Crippen LogP contribution in [0.25, 0.3) is 0 Å². The van der Waals surface area contributed by atoms with Gasteiger partial charge in [-0.05, 0) is 123 Å². The molecular formula is C67H75N11O8S. The van der Waals surface area contributed by atoms with Crippen LogP contribution in [-0.4, -0.2) is 143 Å². The average molecular weight is 1190 g/mol. The molecule has 10 amide bonds. The molecule has 0 spiro atoms. The molecule has 87 heavy (non-hydrogen) atoms. The van der Waals surface area contributed by atoms with Crippen LogP contribution in [-0.2, 0) is 28.8 Å². The Balaban J connectivity index is 0.747. The molecule has 4 aliphatic rings. The summed E-state index contributed by atoms with van der Waals surface area (Å²) in [6.07, 6.45) is 2.98. The highest BCUT2D eigenvalue weighted by Crippen LogP contribution is 2.35. The summed E-state index contributed by atoms with van der Waals surface area (Å²) in [7, 11) is 1.65. The van der Waals surface area contributed by atoms with Gasteiger partial charge in [0.25, 0.3) is 0 Å². The average Bonchev–Trinajstić information content (AvgIpc) is 2.62. The topological polar surface area (TPSA) is 234 Å². The fraction of sp³-hybridized carbons (Fsp3) is 0.343. The van der Waals surface area contributed by atoms with E-state index in [0.29, 0.717) is 49.9 Å². The molecule has 0 aromatic heterocycles. The highest BCUT2D eigenvalue weighted by molar-refractivity contribution is 7.99. The van der Waals surface area contributed by atoms with Crippen molar-refractivity contribution in [2.75, 3.05) is 43.9 Å². The Morgan fingerprint density at radius 1 is 0.494 bits per heavy atom. The third kappa shape index (κ3) is 14.8. The molecule has 19 nitrogen and oxygen atoms in total. The zero-order valence-corrected chi connectivity index (χ0v) is 49.9. The zero-order chi connectivity index (χ0) is 61.0. The second kappa shape index (κ2) is 28.5. The van der Waals surface area contributed by atoms with Crippen molar-refractivity contribution in [2.45, 2.75) is 123 Å². The number of benzene rings is 6. The summed E-state index contributed by atoms with van der Waals surface area (Å²) in [6, 6.07) is 46.6. The van der Waals surface area contributed by atoms with Crippen molar-refractivity contribution in [3.63, 3.8) is 0 Å². The van der Waals surface area contributed by atoms with Crippen molar-refractivity contribution in [2.24, 2.45) is 0 Å². The fourth-order valence-corrected chi connectivity index (χ4v) is 12.9. The lowest BCUT2D eigenvalue weighted by Crippen LogP contribution is -2.62. The third-order valence-corrected chi connectivity index (χ3v) is 17.9. The molecule has 6 aromatic carbocycles. The highest BCUT2D eigenvalue weighted by atomic mass is 32.2. The molecule has 7 N–H and O–H groups in total. The normalized spacial score (nSPS) is 20.7. The van der Waals surface area contributed by atoms with Gasteiger partial charge in [0.2, 0.25) is 35.4 Å². The van der Waals surface area contributed by atoms with E-state index in [4.69, 9.17) is 0 Å². The van der Waals surface area contributed by atoms with Crippen molar-refractivity contribution in [1.82, 2.24) is 46.2 Å². The first-order valence-electron chi connectivity index (χ1n) is 30.0. The number of amides is 10. The molecule has 4 saturated heterocycles. The van der Waals surface area contributed by atoms with Gasteiger partial charge in [0.15, 0.2) is 0 Å². The molecular weight excluding hydrogens is 1120 g/mol. The first-order chi connectivity index (χ1) is 42.2. The molecule has 4 heterocycles. The summed E-state index contributed by atoms with van der Waals surface area (Å²) in [5.74, 6) is -2.15. The molecule has 4 fully saturated rings. The van der Waals surface area contributed by atoms with Crippen LogP contribution in [0.2, 0.25) is 0 Å². The lowest BCUT2D eigenvalue weighted by Gasteiger charge is -2.39. The van der Waals surface area contributed by atoms with Crippen molar-refractivity contribution < 1.29 is 38.4 Å². The molecule has 4 aliphatic heterocycles. The number of carbonyl (C=O) groups excluding carboxylic acids is 8. The number of nitrogens with zero attached hydrogens (tertiary/aromatic N) is 4. The summed E-state index contributed by atoms with van der Waals surface area (Å²) in [4.78, 5) is 120. The maximum atomic E-state index is 14.7. The van der Waals surface area contributed by atoms with Crippen LogP contribution >= 0.6 is 11.8 Å². The van der Waals surface area contributed by atoms with E-state index in [-0.39, 0.29) is 62.4 Å². The summed E-state index contributed by atoms with van der Waals surface area (Å²) < 4.78 is 0. The van der Waals surface area contributed by atoms with E-state index in [1.807, 2.05) is 146 Å². The number of hydrogen-bond acceptors (Lipinski definition) is 10. The third-order valence-electron chi connectivity index (χ3n) is 16.9. The van der Waals surface area contributed by atoms with Crippen LogP contribution in [0.1, 0.15) is 93.1 Å². The van der Waals surface area contributed by atoms with Crippen molar-refractivity contribution >= 4 is 70.6 Å². The SMILES string of the molecule is CCC(=O)NC1CN(C(=O)Nc2ccc(Sc3ccc(NC(=O)N4CCC5CCC(C(=O)NC(c6ccccc6)c6ccccc6)N5C(=O)C(NC(=O)C(C)NC)C4)cc3)cc2)CCC2CCC(C(=O)NC(c3ccccc3)c3ccccc3)N2C1=O. The van der Waals surface area contributed by atoms with Crippen LogP contribution in [0.15, 0.2) is 180 Å². The second-order valence-corrected chi connectivity index (χ2v) is 23.7. The molecule has 6 aromatic rings. The Hall–Kier alpha value is -9.01. The van der Waals surface area contributed by atoms with E-state index in [9.17, 15) is 38.4 Å². The van der Waals surface area contributed by atoms with E-state index in [0.717, 1.165) is 32.0 Å². The van der Waals surface area contributed by atoms with Gasteiger partial charge in [-0.25, -0.2) is 9.59 Å². The Morgan fingerprint density at radius 3 is 1.22 bits per heavy atom. The Morgan fingerprint density at radius 2 is 0.862 bits per heavy atom. The van der Waals surface area contributed by atoms with Gasteiger partial charge in [-0.15, -0.1) is 0 Å². The number of fused-ring (bicyclic) bond motifs is 2. The van der Waals surface area contributed by atoms with Gasteiger partial charge in [-0.3, -0.25) is 28.8 Å². The molecule has 452 valence electrons. The minimum Gasteiger partial charge on any atom is -0.343 e. The molecule has 0 radical (unpaired) electrons. The predicted octanol–water partition coefficient (Wildman–Crippen LogP) is 7.83. The quantitative estimate of drug-likeness (QED) is 0.0468. The van der Waals surface area contributed by atoms with Crippen LogP contribution in [0, 0.1) is 0 Å². The summed E-state index contributed by atoms with van der Waals surface area (Å²) in [6.45, 7) is 3.73. The minimum absolute atomic E-state index is 0.0880. The van der Waals surface area contributed by atoms with Gasteiger partial charge in [-0.1, -0.05) is 140 Å². The largest absolute Gasteiger partial charge is 0.343 e. The molecule has 0 aliphatic carbocycles. The van der Waals surface area contributed by atoms with Crippen LogP contribution in [0.4, 0.5) is 21.0 Å². The van der Waals surface area contributed by atoms with E-state index < -0.39 is 72.1 Å². The molecule has 0 saturated carbocycles. The maximum absolute atomic E-state index is 14.7. The van der Waals surface area contributed by atoms with Gasteiger partial charge in [0, 0.05) is 52.8 Å². The standard InChI is InChI=1S/C67H75N11O8S/c1-4-58(79)71-54-41-75(39-37-50-29-35-56(77(50)64(54)83)62(81)73-59(44-17-9-5-10-18-44)45-19-11-6-12-20-45)66(85)69-48-25-31-52(32-26-48)87-53-33-27-49(28-34-53)70-67(86)76-40-38-51-30-36-57(78(51)65(84)55(42-76)72-61(80)43(2)68-3)63(82)74-60(46-21-13-7-14-22-46)47-23-15-8-16-24-47/h5-28,31-34,43,50-51,54-57,59-60,68H,4,29-30,35-42H2,1-3H3,(H,69,85)(H,70,86)(H,71,79)(H,72,80)(H,73,81)(H,74,82). The predicted molar refractivity (Wildman–Crippen MR) is 333 cm³/mol. The van der Waals surface area contributed by atoms with Gasteiger partial charge < -0.3 is 56.8 Å². The summed E-state index contributed by atoms with van der Waals surface area (Å²) >= 11 is 1.48. The first-order valence-corrected chi connectivity index (χ1v) is 30.8. The molecule has 7 atom stereocenters. The lowest BCUT2D eigenvalue weighted by molar-refractivity contribution is -0.144. The second-order valence-electron chi connectivity index (χ2n) is 22.5. The van der Waals surface area contributed by atoms with E-state index >= 15 is 0 Å². The minimum atomic E-state index is -1.13. The molecule has 7 unspecified atom stereocenters. The van der Waals surface area contributed by atoms with Gasteiger partial charge in [-0.2, -0.15) is 0 Å². The van der Waals surface area contributed by atoms with Gasteiger partial charge in [0.1, 0.15) is 24.2 Å². The zero-order valence-electron chi connectivity index (χ0n) is 49.1. The Labute approximate surface area is 511 Å². The van der Waals surface area contributed by atoms with Crippen LogP contribution in [0.5, 0.6) is 0 Å².